The smallest absolute Gasteiger partial charge is 0.243 e. The van der Waals surface area contributed by atoms with Gasteiger partial charge in [-0.3, -0.25) is 0 Å². The van der Waals surface area contributed by atoms with E-state index < -0.39 is 15.6 Å². The van der Waals surface area contributed by atoms with Crippen LogP contribution in [0.2, 0.25) is 0 Å². The molecule has 0 saturated carbocycles. The molecule has 6 heteroatoms. The van der Waals surface area contributed by atoms with Crippen molar-refractivity contribution in [1.29, 1.82) is 0 Å². The van der Waals surface area contributed by atoms with Gasteiger partial charge >= 0.3 is 0 Å². The molecule has 0 aliphatic rings. The number of anilines is 1. The second kappa shape index (κ2) is 5.66. The van der Waals surface area contributed by atoms with Crippen LogP contribution in [0.15, 0.2) is 27.6 Å². The first-order valence-electron chi connectivity index (χ1n) is 6.41. The lowest BCUT2D eigenvalue weighted by atomic mass is 9.82. The Morgan fingerprint density at radius 3 is 2.25 bits per heavy atom. The zero-order valence-corrected chi connectivity index (χ0v) is 15.0. The summed E-state index contributed by atoms with van der Waals surface area (Å²) in [5.41, 5.74) is 5.50. The highest BCUT2D eigenvalue weighted by Gasteiger charge is 2.31. The number of nitrogen functional groups attached to an aromatic ring is 1. The zero-order chi connectivity index (χ0) is 15.8. The van der Waals surface area contributed by atoms with Crippen molar-refractivity contribution in [1.82, 2.24) is 4.72 Å². The third-order valence-electron chi connectivity index (χ3n) is 2.65. The highest BCUT2D eigenvalue weighted by Crippen LogP contribution is 2.29. The predicted octanol–water partition coefficient (Wildman–Crippen LogP) is 3.52. The molecule has 0 aliphatic carbocycles. The van der Waals surface area contributed by atoms with Gasteiger partial charge in [0.25, 0.3) is 0 Å². The zero-order valence-electron chi connectivity index (χ0n) is 12.6. The summed E-state index contributed by atoms with van der Waals surface area (Å²) in [6.07, 6.45) is 0.715. The minimum Gasteiger partial charge on any atom is -0.398 e. The summed E-state index contributed by atoms with van der Waals surface area (Å²) in [7, 11) is -3.65. The second-order valence-corrected chi connectivity index (χ2v) is 9.48. The minimum atomic E-state index is -3.65. The summed E-state index contributed by atoms with van der Waals surface area (Å²) >= 11 is 3.27. The molecule has 0 unspecified atom stereocenters. The van der Waals surface area contributed by atoms with Gasteiger partial charge in [0.05, 0.1) is 5.69 Å². The molecule has 4 nitrogen and oxygen atoms in total. The average molecular weight is 363 g/mol. The molecule has 3 N–H and O–H groups in total. The van der Waals surface area contributed by atoms with E-state index in [1.165, 1.54) is 6.07 Å². The van der Waals surface area contributed by atoms with Crippen LogP contribution >= 0.6 is 15.9 Å². The first kappa shape index (κ1) is 17.5. The quantitative estimate of drug-likeness (QED) is 0.804. The van der Waals surface area contributed by atoms with Crippen LogP contribution in [-0.4, -0.2) is 14.0 Å². The lowest BCUT2D eigenvalue weighted by Crippen LogP contribution is -2.45. The number of nitrogens with two attached hydrogens (primary N) is 1. The molecule has 114 valence electrons. The van der Waals surface area contributed by atoms with Gasteiger partial charge in [0.2, 0.25) is 10.0 Å². The minimum absolute atomic E-state index is 0.0227. The Kier molecular flexibility index (Phi) is 4.94. The maximum Gasteiger partial charge on any atom is 0.243 e. The van der Waals surface area contributed by atoms with Crippen molar-refractivity contribution >= 4 is 31.6 Å². The van der Waals surface area contributed by atoms with Crippen LogP contribution in [0.4, 0.5) is 5.69 Å². The van der Waals surface area contributed by atoms with Crippen LogP contribution in [0.25, 0.3) is 0 Å². The molecule has 0 atom stereocenters. The Balaban J connectivity index is 3.09. The Hall–Kier alpha value is -0.590. The number of nitrogens with one attached hydrogen (secondary N) is 1. The lowest BCUT2D eigenvalue weighted by Gasteiger charge is -2.33. The fourth-order valence-corrected chi connectivity index (χ4v) is 4.60. The molecular weight excluding hydrogens is 340 g/mol. The predicted molar refractivity (Wildman–Crippen MR) is 87.0 cm³/mol. The molecule has 0 bridgehead atoms. The molecule has 0 heterocycles. The largest absolute Gasteiger partial charge is 0.398 e. The van der Waals surface area contributed by atoms with E-state index in [4.69, 9.17) is 5.73 Å². The fourth-order valence-electron chi connectivity index (χ4n) is 2.52. The van der Waals surface area contributed by atoms with Crippen LogP contribution in [-0.2, 0) is 10.0 Å². The number of benzene rings is 1. The van der Waals surface area contributed by atoms with Gasteiger partial charge in [-0.05, 0) is 43.9 Å². The molecule has 20 heavy (non-hydrogen) atoms. The maximum atomic E-state index is 12.5. The highest BCUT2D eigenvalue weighted by atomic mass is 79.9. The molecule has 0 saturated heterocycles. The van der Waals surface area contributed by atoms with Crippen LogP contribution in [0.3, 0.4) is 0 Å². The van der Waals surface area contributed by atoms with Crippen molar-refractivity contribution in [2.75, 3.05) is 5.73 Å². The standard InChI is InChI=1S/C14H23BrN2O2S/c1-13(2,3)9-14(4,5)17-20(18,19)12-8-10(15)6-7-11(12)16/h6-8,17H,9,16H2,1-5H3. The van der Waals surface area contributed by atoms with Gasteiger partial charge in [-0.25, -0.2) is 13.1 Å². The van der Waals surface area contributed by atoms with E-state index in [9.17, 15) is 8.42 Å². The van der Waals surface area contributed by atoms with E-state index in [-0.39, 0.29) is 16.0 Å². The van der Waals surface area contributed by atoms with E-state index in [0.29, 0.717) is 10.9 Å². The van der Waals surface area contributed by atoms with E-state index in [2.05, 4.69) is 41.4 Å². The van der Waals surface area contributed by atoms with Crippen molar-refractivity contribution in [3.05, 3.63) is 22.7 Å². The van der Waals surface area contributed by atoms with E-state index >= 15 is 0 Å². The third-order valence-corrected chi connectivity index (χ3v) is 4.90. The molecule has 0 radical (unpaired) electrons. The maximum absolute atomic E-state index is 12.5. The van der Waals surface area contributed by atoms with Crippen LogP contribution in [0.1, 0.15) is 41.0 Å². The van der Waals surface area contributed by atoms with E-state index in [1.807, 2.05) is 13.8 Å². The Bertz CT molecular complexity index is 590. The van der Waals surface area contributed by atoms with Gasteiger partial charge in [-0.2, -0.15) is 0 Å². The summed E-state index contributed by atoms with van der Waals surface area (Å²) < 4.78 is 28.4. The van der Waals surface area contributed by atoms with Gasteiger partial charge in [-0.15, -0.1) is 0 Å². The molecule has 1 aromatic rings. The van der Waals surface area contributed by atoms with Gasteiger partial charge in [-0.1, -0.05) is 36.7 Å². The Labute approximate surface area is 130 Å². The molecule has 0 spiro atoms. The van der Waals surface area contributed by atoms with Crippen LogP contribution in [0, 0.1) is 5.41 Å². The SMILES string of the molecule is CC(C)(C)CC(C)(C)NS(=O)(=O)c1cc(Br)ccc1N. The topological polar surface area (TPSA) is 72.2 Å². The summed E-state index contributed by atoms with van der Waals surface area (Å²) in [4.78, 5) is 0.105. The van der Waals surface area contributed by atoms with Gasteiger partial charge in [0.1, 0.15) is 4.90 Å². The summed E-state index contributed by atoms with van der Waals surface area (Å²) in [6.45, 7) is 10.00. The summed E-state index contributed by atoms with van der Waals surface area (Å²) in [5, 5.41) is 0. The van der Waals surface area contributed by atoms with Crippen LogP contribution < -0.4 is 10.5 Å². The number of hydrogen-bond acceptors (Lipinski definition) is 3. The normalized spacial score (nSPS) is 13.5. The lowest BCUT2D eigenvalue weighted by molar-refractivity contribution is 0.269. The third kappa shape index (κ3) is 5.07. The van der Waals surface area contributed by atoms with E-state index in [0.717, 1.165) is 0 Å². The molecule has 0 aliphatic heterocycles. The number of halogens is 1. The first-order chi connectivity index (χ1) is 8.82. The van der Waals surface area contributed by atoms with Crippen molar-refractivity contribution in [3.63, 3.8) is 0 Å². The van der Waals surface area contributed by atoms with Crippen LogP contribution in [0.5, 0.6) is 0 Å². The number of sulfonamides is 1. The van der Waals surface area contributed by atoms with Crippen molar-refractivity contribution in [2.24, 2.45) is 5.41 Å². The molecule has 0 fully saturated rings. The Morgan fingerprint density at radius 1 is 1.20 bits per heavy atom. The highest BCUT2D eigenvalue weighted by molar-refractivity contribution is 9.10. The molecule has 0 aromatic heterocycles. The molecule has 1 aromatic carbocycles. The van der Waals surface area contributed by atoms with E-state index in [1.54, 1.807) is 12.1 Å². The summed E-state index contributed by atoms with van der Waals surface area (Å²) in [5.74, 6) is 0. The van der Waals surface area contributed by atoms with Crippen molar-refractivity contribution in [2.45, 2.75) is 51.5 Å². The molecule has 1 rings (SSSR count). The van der Waals surface area contributed by atoms with Crippen molar-refractivity contribution < 1.29 is 8.42 Å². The Morgan fingerprint density at radius 2 is 1.75 bits per heavy atom. The van der Waals surface area contributed by atoms with Crippen molar-refractivity contribution in [3.8, 4) is 0 Å². The van der Waals surface area contributed by atoms with Gasteiger partial charge < -0.3 is 5.73 Å². The summed E-state index contributed by atoms with van der Waals surface area (Å²) in [6, 6.07) is 4.81. The second-order valence-electron chi connectivity index (χ2n) is 6.91. The first-order valence-corrected chi connectivity index (χ1v) is 8.69. The molecule has 0 amide bonds. The number of rotatable bonds is 4. The fraction of sp³-hybridized carbons (Fsp3) is 0.571. The number of hydrogen-bond donors (Lipinski definition) is 2. The van der Waals surface area contributed by atoms with Gasteiger partial charge in [0, 0.05) is 10.0 Å². The monoisotopic (exact) mass is 362 g/mol. The average Bonchev–Trinajstić information content (AvgIpc) is 2.15. The molecular formula is C14H23BrN2O2S. The van der Waals surface area contributed by atoms with Gasteiger partial charge in [0.15, 0.2) is 0 Å².